The zero-order valence-corrected chi connectivity index (χ0v) is 13.0. The van der Waals surface area contributed by atoms with Gasteiger partial charge >= 0.3 is 0 Å². The average molecular weight is 339 g/mol. The summed E-state index contributed by atoms with van der Waals surface area (Å²) in [5, 5.41) is 0. The highest BCUT2D eigenvalue weighted by molar-refractivity contribution is 9.10. The first-order chi connectivity index (χ1) is 10.3. The molecule has 0 radical (unpaired) electrons. The van der Waals surface area contributed by atoms with E-state index in [1.807, 2.05) is 30.3 Å². The Morgan fingerprint density at radius 3 is 2.14 bits per heavy atom. The number of nitrogens with two attached hydrogens (primary N) is 1. The quantitative estimate of drug-likeness (QED) is 0.760. The third-order valence-electron chi connectivity index (χ3n) is 3.46. The molecule has 3 heteroatoms. The monoisotopic (exact) mass is 338 g/mol. The molecule has 0 amide bonds. The van der Waals surface area contributed by atoms with Crippen LogP contribution in [-0.4, -0.2) is 4.98 Å². The van der Waals surface area contributed by atoms with Gasteiger partial charge in [-0.25, -0.2) is 0 Å². The molecule has 0 aliphatic heterocycles. The van der Waals surface area contributed by atoms with Gasteiger partial charge < -0.3 is 5.73 Å². The van der Waals surface area contributed by atoms with Crippen LogP contribution in [0.25, 0.3) is 11.1 Å². The van der Waals surface area contributed by atoms with Gasteiger partial charge in [0.2, 0.25) is 0 Å². The van der Waals surface area contributed by atoms with E-state index in [0.29, 0.717) is 0 Å². The molecule has 2 aromatic carbocycles. The van der Waals surface area contributed by atoms with E-state index in [2.05, 4.69) is 57.3 Å². The van der Waals surface area contributed by atoms with Crippen LogP contribution in [0.15, 0.2) is 77.4 Å². The summed E-state index contributed by atoms with van der Waals surface area (Å²) < 4.78 is 0.935. The molecule has 104 valence electrons. The van der Waals surface area contributed by atoms with Gasteiger partial charge in [-0.1, -0.05) is 54.6 Å². The van der Waals surface area contributed by atoms with Crippen molar-refractivity contribution in [3.8, 4) is 11.1 Å². The summed E-state index contributed by atoms with van der Waals surface area (Å²) in [6.07, 6.45) is 1.76. The van der Waals surface area contributed by atoms with E-state index >= 15 is 0 Å². The number of nitrogens with zero attached hydrogens (tertiary/aromatic N) is 1. The summed E-state index contributed by atoms with van der Waals surface area (Å²) in [7, 11) is 0. The normalized spacial score (nSPS) is 12.1. The Labute approximate surface area is 132 Å². The Kier molecular flexibility index (Phi) is 4.13. The molecule has 3 rings (SSSR count). The van der Waals surface area contributed by atoms with Crippen LogP contribution < -0.4 is 5.73 Å². The predicted molar refractivity (Wildman–Crippen MR) is 89.8 cm³/mol. The van der Waals surface area contributed by atoms with Gasteiger partial charge in [0.25, 0.3) is 0 Å². The van der Waals surface area contributed by atoms with Crippen LogP contribution in [0.3, 0.4) is 0 Å². The molecule has 0 saturated carbocycles. The van der Waals surface area contributed by atoms with Crippen LogP contribution in [-0.2, 0) is 0 Å². The minimum Gasteiger partial charge on any atom is -0.319 e. The van der Waals surface area contributed by atoms with E-state index in [1.54, 1.807) is 6.20 Å². The molecule has 2 N–H and O–H groups in total. The van der Waals surface area contributed by atoms with Crippen LogP contribution >= 0.6 is 15.9 Å². The topological polar surface area (TPSA) is 38.9 Å². The number of benzene rings is 2. The Morgan fingerprint density at radius 2 is 1.48 bits per heavy atom. The van der Waals surface area contributed by atoms with E-state index < -0.39 is 0 Å². The van der Waals surface area contributed by atoms with E-state index in [9.17, 15) is 0 Å². The Morgan fingerprint density at radius 1 is 0.810 bits per heavy atom. The second-order valence-electron chi connectivity index (χ2n) is 4.84. The lowest BCUT2D eigenvalue weighted by atomic mass is 9.99. The SMILES string of the molecule is NC(c1ccc(-c2ccccc2)cc1)c1ncccc1Br. The molecular formula is C18H15BrN2. The lowest BCUT2D eigenvalue weighted by molar-refractivity contribution is 0.822. The molecule has 2 nitrogen and oxygen atoms in total. The second kappa shape index (κ2) is 6.20. The van der Waals surface area contributed by atoms with Crippen LogP contribution in [0, 0.1) is 0 Å². The first-order valence-corrected chi connectivity index (χ1v) is 7.56. The zero-order chi connectivity index (χ0) is 14.7. The highest BCUT2D eigenvalue weighted by Gasteiger charge is 2.13. The van der Waals surface area contributed by atoms with Crippen LogP contribution in [0.1, 0.15) is 17.3 Å². The van der Waals surface area contributed by atoms with Gasteiger partial charge in [-0.05, 0) is 44.8 Å². The molecular weight excluding hydrogens is 324 g/mol. The standard InChI is InChI=1S/C18H15BrN2/c19-16-7-4-12-21-18(16)17(20)15-10-8-14(9-11-15)13-5-2-1-3-6-13/h1-12,17H,20H2. The Bertz CT molecular complexity index is 724. The van der Waals surface area contributed by atoms with Crippen molar-refractivity contribution >= 4 is 15.9 Å². The zero-order valence-electron chi connectivity index (χ0n) is 11.4. The highest BCUT2D eigenvalue weighted by Crippen LogP contribution is 2.26. The number of pyridine rings is 1. The Balaban J connectivity index is 1.89. The maximum absolute atomic E-state index is 6.31. The lowest BCUT2D eigenvalue weighted by Crippen LogP contribution is -2.14. The van der Waals surface area contributed by atoms with Crippen molar-refractivity contribution in [1.82, 2.24) is 4.98 Å². The van der Waals surface area contributed by atoms with Crippen molar-refractivity contribution in [2.24, 2.45) is 5.73 Å². The van der Waals surface area contributed by atoms with E-state index in [1.165, 1.54) is 11.1 Å². The number of halogens is 1. The smallest absolute Gasteiger partial charge is 0.0758 e. The minimum atomic E-state index is -0.231. The number of aromatic nitrogens is 1. The maximum atomic E-state index is 6.31. The van der Waals surface area contributed by atoms with Crippen LogP contribution in [0.4, 0.5) is 0 Å². The summed E-state index contributed by atoms with van der Waals surface area (Å²) in [6, 6.07) is 22.2. The highest BCUT2D eigenvalue weighted by atomic mass is 79.9. The van der Waals surface area contributed by atoms with Crippen molar-refractivity contribution in [3.63, 3.8) is 0 Å². The molecule has 0 saturated heterocycles. The minimum absolute atomic E-state index is 0.231. The summed E-state index contributed by atoms with van der Waals surface area (Å²) in [4.78, 5) is 4.36. The van der Waals surface area contributed by atoms with Crippen molar-refractivity contribution in [2.45, 2.75) is 6.04 Å². The van der Waals surface area contributed by atoms with Crippen LogP contribution in [0.2, 0.25) is 0 Å². The number of rotatable bonds is 3. The number of hydrogen-bond acceptors (Lipinski definition) is 2. The fourth-order valence-corrected chi connectivity index (χ4v) is 2.80. The van der Waals surface area contributed by atoms with Gasteiger partial charge in [-0.2, -0.15) is 0 Å². The van der Waals surface area contributed by atoms with Gasteiger partial charge in [-0.3, -0.25) is 4.98 Å². The van der Waals surface area contributed by atoms with Gasteiger partial charge in [0.15, 0.2) is 0 Å². The molecule has 3 aromatic rings. The average Bonchev–Trinajstić information content (AvgIpc) is 2.56. The van der Waals surface area contributed by atoms with E-state index in [-0.39, 0.29) is 6.04 Å². The predicted octanol–water partition coefficient (Wildman–Crippen LogP) is 4.56. The number of hydrogen-bond donors (Lipinski definition) is 1. The van der Waals surface area contributed by atoms with Gasteiger partial charge in [0.05, 0.1) is 11.7 Å². The van der Waals surface area contributed by atoms with Crippen molar-refractivity contribution < 1.29 is 0 Å². The molecule has 1 unspecified atom stereocenters. The van der Waals surface area contributed by atoms with Crippen LogP contribution in [0.5, 0.6) is 0 Å². The van der Waals surface area contributed by atoms with Gasteiger partial charge in [0.1, 0.15) is 0 Å². The molecule has 1 atom stereocenters. The summed E-state index contributed by atoms with van der Waals surface area (Å²) in [5.74, 6) is 0. The van der Waals surface area contributed by atoms with Gasteiger partial charge in [-0.15, -0.1) is 0 Å². The van der Waals surface area contributed by atoms with Crippen molar-refractivity contribution in [1.29, 1.82) is 0 Å². The summed E-state index contributed by atoms with van der Waals surface area (Å²) in [6.45, 7) is 0. The van der Waals surface area contributed by atoms with Gasteiger partial charge in [0, 0.05) is 10.7 Å². The Hall–Kier alpha value is -1.97. The fraction of sp³-hybridized carbons (Fsp3) is 0.0556. The molecule has 0 aliphatic carbocycles. The van der Waals surface area contributed by atoms with E-state index in [4.69, 9.17) is 5.73 Å². The molecule has 1 aromatic heterocycles. The van der Waals surface area contributed by atoms with E-state index in [0.717, 1.165) is 15.7 Å². The molecule has 0 fully saturated rings. The largest absolute Gasteiger partial charge is 0.319 e. The third-order valence-corrected chi connectivity index (χ3v) is 4.13. The second-order valence-corrected chi connectivity index (χ2v) is 5.69. The third kappa shape index (κ3) is 3.04. The van der Waals surface area contributed by atoms with Crippen molar-refractivity contribution in [2.75, 3.05) is 0 Å². The fourth-order valence-electron chi connectivity index (χ4n) is 2.30. The lowest BCUT2D eigenvalue weighted by Gasteiger charge is -2.13. The molecule has 0 bridgehead atoms. The van der Waals surface area contributed by atoms with Crippen molar-refractivity contribution in [3.05, 3.63) is 88.7 Å². The maximum Gasteiger partial charge on any atom is 0.0758 e. The summed E-state index contributed by atoms with van der Waals surface area (Å²) >= 11 is 3.50. The first kappa shape index (κ1) is 14.0. The molecule has 0 aliphatic rings. The summed E-state index contributed by atoms with van der Waals surface area (Å²) in [5.41, 5.74) is 10.6. The first-order valence-electron chi connectivity index (χ1n) is 6.77. The molecule has 1 heterocycles. The molecule has 0 spiro atoms. The molecule has 21 heavy (non-hydrogen) atoms.